The van der Waals surface area contributed by atoms with Gasteiger partial charge in [-0.2, -0.15) is 0 Å². The van der Waals surface area contributed by atoms with E-state index in [2.05, 4.69) is 0 Å². The van der Waals surface area contributed by atoms with Crippen LogP contribution in [0, 0.1) is 11.7 Å². The predicted molar refractivity (Wildman–Crippen MR) is 73.4 cm³/mol. The Morgan fingerprint density at radius 1 is 1.37 bits per heavy atom. The first-order valence-electron chi connectivity index (χ1n) is 6.33. The van der Waals surface area contributed by atoms with Crippen molar-refractivity contribution in [2.75, 3.05) is 5.75 Å². The van der Waals surface area contributed by atoms with Crippen molar-refractivity contribution < 1.29 is 12.8 Å². The fourth-order valence-corrected chi connectivity index (χ4v) is 4.19. The third kappa shape index (κ3) is 3.46. The van der Waals surface area contributed by atoms with Gasteiger partial charge in [0.05, 0.1) is 15.7 Å². The third-order valence-corrected chi connectivity index (χ3v) is 5.76. The van der Waals surface area contributed by atoms with E-state index < -0.39 is 15.7 Å². The van der Waals surface area contributed by atoms with Crippen LogP contribution in [0.5, 0.6) is 0 Å². The molecule has 0 amide bonds. The normalized spacial score (nSPS) is 23.7. The zero-order valence-electron chi connectivity index (χ0n) is 10.5. The van der Waals surface area contributed by atoms with Crippen molar-refractivity contribution in [3.63, 3.8) is 0 Å². The molecule has 0 radical (unpaired) electrons. The number of rotatable bonds is 4. The molecule has 2 atom stereocenters. The smallest absolute Gasteiger partial charge is 0.178 e. The Morgan fingerprint density at radius 3 is 2.68 bits per heavy atom. The summed E-state index contributed by atoms with van der Waals surface area (Å²) in [5.74, 6) is -0.308. The van der Waals surface area contributed by atoms with Gasteiger partial charge in [0.2, 0.25) is 0 Å². The van der Waals surface area contributed by atoms with Crippen LogP contribution < -0.4 is 5.73 Å². The number of sulfone groups is 1. The van der Waals surface area contributed by atoms with Crippen molar-refractivity contribution in [3.8, 4) is 0 Å². The maximum Gasteiger partial charge on any atom is 0.178 e. The largest absolute Gasteiger partial charge is 0.327 e. The molecular weight excluding hydrogens is 289 g/mol. The molecule has 0 bridgehead atoms. The van der Waals surface area contributed by atoms with E-state index in [1.54, 1.807) is 0 Å². The second-order valence-electron chi connectivity index (χ2n) is 5.04. The zero-order valence-corrected chi connectivity index (χ0v) is 12.1. The summed E-state index contributed by atoms with van der Waals surface area (Å²) in [5.41, 5.74) is 5.93. The van der Waals surface area contributed by atoms with Crippen LogP contribution in [0.1, 0.15) is 25.7 Å². The van der Waals surface area contributed by atoms with Gasteiger partial charge in [-0.05, 0) is 43.4 Å². The van der Waals surface area contributed by atoms with E-state index in [4.69, 9.17) is 17.3 Å². The van der Waals surface area contributed by atoms with Gasteiger partial charge in [0, 0.05) is 6.04 Å². The SMILES string of the molecule is NC1CCCC1CCS(=O)(=O)c1ccc(F)c(Cl)c1. The summed E-state index contributed by atoms with van der Waals surface area (Å²) >= 11 is 5.61. The first-order valence-corrected chi connectivity index (χ1v) is 8.36. The molecule has 0 heterocycles. The number of benzene rings is 1. The van der Waals surface area contributed by atoms with Crippen molar-refractivity contribution in [3.05, 3.63) is 29.0 Å². The van der Waals surface area contributed by atoms with Crippen molar-refractivity contribution in [1.29, 1.82) is 0 Å². The first kappa shape index (κ1) is 14.8. The Labute approximate surface area is 117 Å². The van der Waals surface area contributed by atoms with Gasteiger partial charge in [-0.25, -0.2) is 12.8 Å². The van der Waals surface area contributed by atoms with Gasteiger partial charge in [-0.1, -0.05) is 18.0 Å². The fraction of sp³-hybridized carbons (Fsp3) is 0.538. The average Bonchev–Trinajstić information content (AvgIpc) is 2.76. The summed E-state index contributed by atoms with van der Waals surface area (Å²) in [7, 11) is -3.42. The number of halogens is 2. The number of nitrogens with two attached hydrogens (primary N) is 1. The minimum absolute atomic E-state index is 0.0350. The lowest BCUT2D eigenvalue weighted by Crippen LogP contribution is -2.26. The molecule has 1 saturated carbocycles. The van der Waals surface area contributed by atoms with E-state index in [-0.39, 0.29) is 27.6 Å². The standard InChI is InChI=1S/C13H17ClFNO2S/c14-11-8-10(4-5-12(11)15)19(17,18)7-6-9-2-1-3-13(9)16/h4-5,8-9,13H,1-3,6-7,16H2. The van der Waals surface area contributed by atoms with E-state index in [0.29, 0.717) is 6.42 Å². The van der Waals surface area contributed by atoms with Gasteiger partial charge < -0.3 is 5.73 Å². The highest BCUT2D eigenvalue weighted by Gasteiger charge is 2.26. The second-order valence-corrected chi connectivity index (χ2v) is 7.55. The summed E-state index contributed by atoms with van der Waals surface area (Å²) < 4.78 is 37.3. The van der Waals surface area contributed by atoms with E-state index in [1.807, 2.05) is 0 Å². The molecule has 0 aliphatic heterocycles. The lowest BCUT2D eigenvalue weighted by molar-refractivity contribution is 0.464. The fourth-order valence-electron chi connectivity index (χ4n) is 2.52. The zero-order chi connectivity index (χ0) is 14.0. The van der Waals surface area contributed by atoms with Crippen molar-refractivity contribution in [1.82, 2.24) is 0 Å². The van der Waals surface area contributed by atoms with Gasteiger partial charge in [-0.15, -0.1) is 0 Å². The quantitative estimate of drug-likeness (QED) is 0.870. The summed E-state index contributed by atoms with van der Waals surface area (Å²) in [6, 6.07) is 3.61. The second kappa shape index (κ2) is 5.77. The summed E-state index contributed by atoms with van der Waals surface area (Å²) in [6.45, 7) is 0. The molecular formula is C13H17ClFNO2S. The highest BCUT2D eigenvalue weighted by atomic mass is 35.5. The van der Waals surface area contributed by atoms with E-state index in [9.17, 15) is 12.8 Å². The van der Waals surface area contributed by atoms with E-state index >= 15 is 0 Å². The first-order chi connectivity index (χ1) is 8.90. The van der Waals surface area contributed by atoms with Crippen LogP contribution in [0.3, 0.4) is 0 Å². The van der Waals surface area contributed by atoms with Crippen molar-refractivity contribution >= 4 is 21.4 Å². The highest BCUT2D eigenvalue weighted by molar-refractivity contribution is 7.91. The molecule has 1 aromatic rings. The summed E-state index contributed by atoms with van der Waals surface area (Å²) in [6.07, 6.45) is 3.57. The van der Waals surface area contributed by atoms with Crippen LogP contribution >= 0.6 is 11.6 Å². The molecule has 2 N–H and O–H groups in total. The van der Waals surface area contributed by atoms with E-state index in [1.165, 1.54) is 12.1 Å². The van der Waals surface area contributed by atoms with Crippen LogP contribution in [-0.4, -0.2) is 20.2 Å². The summed E-state index contributed by atoms with van der Waals surface area (Å²) in [4.78, 5) is 0.0745. The minimum atomic E-state index is -3.42. The Bertz CT molecular complexity index is 562. The number of hydrogen-bond acceptors (Lipinski definition) is 3. The molecule has 2 unspecified atom stereocenters. The molecule has 3 nitrogen and oxygen atoms in total. The predicted octanol–water partition coefficient (Wildman–Crippen LogP) is 2.77. The van der Waals surface area contributed by atoms with Crippen LogP contribution in [0.2, 0.25) is 5.02 Å². The Morgan fingerprint density at radius 2 is 2.11 bits per heavy atom. The maximum atomic E-state index is 13.0. The molecule has 0 spiro atoms. The molecule has 19 heavy (non-hydrogen) atoms. The van der Waals surface area contributed by atoms with Gasteiger partial charge in [0.15, 0.2) is 9.84 Å². The highest BCUT2D eigenvalue weighted by Crippen LogP contribution is 2.28. The molecule has 0 saturated heterocycles. The molecule has 106 valence electrons. The molecule has 1 aromatic carbocycles. The lowest BCUT2D eigenvalue weighted by atomic mass is 10.0. The Kier molecular flexibility index (Phi) is 4.48. The minimum Gasteiger partial charge on any atom is -0.327 e. The molecule has 1 fully saturated rings. The van der Waals surface area contributed by atoms with Crippen LogP contribution in [-0.2, 0) is 9.84 Å². The Hall–Kier alpha value is -0.650. The van der Waals surface area contributed by atoms with Crippen LogP contribution in [0.4, 0.5) is 4.39 Å². The van der Waals surface area contributed by atoms with Gasteiger partial charge in [0.1, 0.15) is 5.82 Å². The topological polar surface area (TPSA) is 60.2 Å². The molecule has 6 heteroatoms. The van der Waals surface area contributed by atoms with Gasteiger partial charge >= 0.3 is 0 Å². The van der Waals surface area contributed by atoms with Gasteiger partial charge in [-0.3, -0.25) is 0 Å². The lowest BCUT2D eigenvalue weighted by Gasteiger charge is -2.15. The monoisotopic (exact) mass is 305 g/mol. The Balaban J connectivity index is 2.07. The third-order valence-electron chi connectivity index (χ3n) is 3.73. The van der Waals surface area contributed by atoms with Gasteiger partial charge in [0.25, 0.3) is 0 Å². The molecule has 0 aromatic heterocycles. The maximum absolute atomic E-state index is 13.0. The van der Waals surface area contributed by atoms with Crippen LogP contribution in [0.15, 0.2) is 23.1 Å². The number of hydrogen-bond donors (Lipinski definition) is 1. The van der Waals surface area contributed by atoms with E-state index in [0.717, 1.165) is 25.3 Å². The molecule has 1 aliphatic carbocycles. The molecule has 1 aliphatic rings. The molecule has 2 rings (SSSR count). The van der Waals surface area contributed by atoms with Crippen LogP contribution in [0.25, 0.3) is 0 Å². The summed E-state index contributed by atoms with van der Waals surface area (Å²) in [5, 5.41) is -0.168. The van der Waals surface area contributed by atoms with Crippen molar-refractivity contribution in [2.45, 2.75) is 36.6 Å². The van der Waals surface area contributed by atoms with Crippen molar-refractivity contribution in [2.24, 2.45) is 11.7 Å². The average molecular weight is 306 g/mol.